The van der Waals surface area contributed by atoms with Crippen LogP contribution in [0.1, 0.15) is 51.5 Å². The smallest absolute Gasteiger partial charge is 0.242 e. The number of benzene rings is 2. The predicted octanol–water partition coefficient (Wildman–Crippen LogP) is 3.82. The van der Waals surface area contributed by atoms with E-state index in [0.717, 1.165) is 18.4 Å². The molecule has 9 heteroatoms. The lowest BCUT2D eigenvalue weighted by molar-refractivity contribution is -0.141. The first-order valence-corrected chi connectivity index (χ1v) is 13.9. The zero-order chi connectivity index (χ0) is 26.6. The highest BCUT2D eigenvalue weighted by atomic mass is 32.2. The Kier molecular flexibility index (Phi) is 11.9. The fraction of sp³-hybridized carbons (Fsp3) is 0.481. The monoisotopic (exact) mass is 517 g/mol. The average molecular weight is 518 g/mol. The molecule has 0 radical (unpaired) electrons. The normalized spacial score (nSPS) is 12.2. The van der Waals surface area contributed by atoms with E-state index < -0.39 is 16.1 Å². The molecular formula is C27H39N3O5S. The second-order valence-corrected chi connectivity index (χ2v) is 10.7. The Morgan fingerprint density at radius 3 is 2.25 bits per heavy atom. The molecular weight excluding hydrogens is 478 g/mol. The van der Waals surface area contributed by atoms with Crippen LogP contribution in [0, 0.1) is 0 Å². The van der Waals surface area contributed by atoms with E-state index >= 15 is 0 Å². The van der Waals surface area contributed by atoms with Gasteiger partial charge in [-0.05, 0) is 49.1 Å². The first-order valence-electron chi connectivity index (χ1n) is 12.5. The van der Waals surface area contributed by atoms with Gasteiger partial charge in [-0.15, -0.1) is 0 Å². The van der Waals surface area contributed by atoms with Crippen molar-refractivity contribution >= 4 is 21.8 Å². The largest absolute Gasteiger partial charge is 0.497 e. The molecule has 0 bridgehead atoms. The number of unbranched alkanes of at least 4 members (excludes halogenated alkanes) is 1. The number of carbonyl (C=O) groups is 2. The molecule has 0 spiro atoms. The number of nitrogens with one attached hydrogen (secondary N) is 1. The van der Waals surface area contributed by atoms with Crippen LogP contribution in [0.5, 0.6) is 5.75 Å². The molecule has 0 saturated heterocycles. The van der Waals surface area contributed by atoms with Crippen LogP contribution >= 0.6 is 0 Å². The molecule has 1 atom stereocenters. The molecule has 2 rings (SSSR count). The quantitative estimate of drug-likeness (QED) is 0.363. The van der Waals surface area contributed by atoms with E-state index in [-0.39, 0.29) is 36.2 Å². The van der Waals surface area contributed by atoms with Crippen LogP contribution in [-0.4, -0.2) is 62.7 Å². The van der Waals surface area contributed by atoms with Crippen LogP contribution in [-0.2, 0) is 26.2 Å². The summed E-state index contributed by atoms with van der Waals surface area (Å²) >= 11 is 0. The van der Waals surface area contributed by atoms with Gasteiger partial charge in [-0.1, -0.05) is 50.6 Å². The van der Waals surface area contributed by atoms with Gasteiger partial charge in [0.15, 0.2) is 0 Å². The van der Waals surface area contributed by atoms with Crippen molar-refractivity contribution < 1.29 is 22.7 Å². The standard InChI is InChI=1S/C27H39N3O5S/c1-5-7-19-28-27(32)25(6-2)30(21-22-15-17-23(35-4)18-16-22)26(31)14-11-20-29(3)36(33,34)24-12-9-8-10-13-24/h8-10,12-13,15-18,25H,5-7,11,14,19-21H2,1-4H3,(H,28,32)/t25-/m1/s1. The van der Waals surface area contributed by atoms with Gasteiger partial charge in [-0.3, -0.25) is 9.59 Å². The van der Waals surface area contributed by atoms with Gasteiger partial charge in [0, 0.05) is 33.1 Å². The second-order valence-electron chi connectivity index (χ2n) is 8.68. The van der Waals surface area contributed by atoms with Crippen LogP contribution in [0.2, 0.25) is 0 Å². The summed E-state index contributed by atoms with van der Waals surface area (Å²) in [6, 6.07) is 15.0. The molecule has 2 amide bonds. The Morgan fingerprint density at radius 1 is 1.00 bits per heavy atom. The summed E-state index contributed by atoms with van der Waals surface area (Å²) in [5, 5.41) is 2.95. The van der Waals surface area contributed by atoms with Crippen molar-refractivity contribution in [3.63, 3.8) is 0 Å². The molecule has 0 aromatic heterocycles. The summed E-state index contributed by atoms with van der Waals surface area (Å²) in [6.07, 6.45) is 2.78. The summed E-state index contributed by atoms with van der Waals surface area (Å²) in [5.41, 5.74) is 0.882. The molecule has 8 nitrogen and oxygen atoms in total. The van der Waals surface area contributed by atoms with E-state index in [9.17, 15) is 18.0 Å². The lowest BCUT2D eigenvalue weighted by Gasteiger charge is -2.31. The summed E-state index contributed by atoms with van der Waals surface area (Å²) in [4.78, 5) is 28.1. The number of carbonyl (C=O) groups excluding carboxylic acids is 2. The van der Waals surface area contributed by atoms with Crippen LogP contribution in [0.25, 0.3) is 0 Å². The lowest BCUT2D eigenvalue weighted by Crippen LogP contribution is -2.49. The van der Waals surface area contributed by atoms with E-state index in [1.165, 1.54) is 11.4 Å². The number of hydrogen-bond donors (Lipinski definition) is 1. The van der Waals surface area contributed by atoms with E-state index in [2.05, 4.69) is 12.2 Å². The van der Waals surface area contributed by atoms with Crippen LogP contribution in [0.15, 0.2) is 59.5 Å². The van der Waals surface area contributed by atoms with Gasteiger partial charge in [-0.2, -0.15) is 0 Å². The first-order chi connectivity index (χ1) is 17.2. The number of sulfonamides is 1. The Bertz CT molecular complexity index is 1060. The zero-order valence-electron chi connectivity index (χ0n) is 21.8. The third kappa shape index (κ3) is 8.34. The Morgan fingerprint density at radius 2 is 1.67 bits per heavy atom. The third-order valence-electron chi connectivity index (χ3n) is 6.04. The van der Waals surface area contributed by atoms with Crippen molar-refractivity contribution in [2.75, 3.05) is 27.2 Å². The Balaban J connectivity index is 2.11. The van der Waals surface area contributed by atoms with Crippen molar-refractivity contribution in [3.05, 3.63) is 60.2 Å². The zero-order valence-corrected chi connectivity index (χ0v) is 22.6. The maximum absolute atomic E-state index is 13.4. The van der Waals surface area contributed by atoms with Gasteiger partial charge in [0.1, 0.15) is 11.8 Å². The number of ether oxygens (including phenoxy) is 1. The molecule has 0 aliphatic rings. The molecule has 0 heterocycles. The van der Waals surface area contributed by atoms with Crippen LogP contribution in [0.4, 0.5) is 0 Å². The van der Waals surface area contributed by atoms with E-state index in [4.69, 9.17) is 4.74 Å². The summed E-state index contributed by atoms with van der Waals surface area (Å²) < 4.78 is 32.0. The SMILES string of the molecule is CCCCNC(=O)[C@@H](CC)N(Cc1ccc(OC)cc1)C(=O)CCCN(C)S(=O)(=O)c1ccccc1. The molecule has 198 valence electrons. The molecule has 0 aliphatic heterocycles. The minimum absolute atomic E-state index is 0.129. The van der Waals surface area contributed by atoms with Crippen molar-refractivity contribution in [3.8, 4) is 5.75 Å². The molecule has 2 aromatic carbocycles. The van der Waals surface area contributed by atoms with Gasteiger partial charge in [0.05, 0.1) is 12.0 Å². The molecule has 0 aliphatic carbocycles. The Labute approximate surface area is 215 Å². The number of methoxy groups -OCH3 is 1. The van der Waals surface area contributed by atoms with Gasteiger partial charge in [-0.25, -0.2) is 12.7 Å². The summed E-state index contributed by atoms with van der Waals surface area (Å²) in [5.74, 6) is 0.356. The van der Waals surface area contributed by atoms with E-state index in [1.807, 2.05) is 31.2 Å². The maximum atomic E-state index is 13.4. The number of amides is 2. The van der Waals surface area contributed by atoms with Gasteiger partial charge >= 0.3 is 0 Å². The summed E-state index contributed by atoms with van der Waals surface area (Å²) in [7, 11) is -0.524. The first kappa shape index (κ1) is 29.3. The minimum Gasteiger partial charge on any atom is -0.497 e. The fourth-order valence-electron chi connectivity index (χ4n) is 3.84. The fourth-order valence-corrected chi connectivity index (χ4v) is 5.07. The van der Waals surface area contributed by atoms with Crippen molar-refractivity contribution in [1.29, 1.82) is 0 Å². The van der Waals surface area contributed by atoms with Crippen LogP contribution in [0.3, 0.4) is 0 Å². The van der Waals surface area contributed by atoms with E-state index in [0.29, 0.717) is 25.1 Å². The topological polar surface area (TPSA) is 96.0 Å². The Hall–Kier alpha value is -2.91. The van der Waals surface area contributed by atoms with E-state index in [1.54, 1.807) is 42.3 Å². The third-order valence-corrected chi connectivity index (χ3v) is 7.91. The van der Waals surface area contributed by atoms with Gasteiger partial charge < -0.3 is 15.0 Å². The highest BCUT2D eigenvalue weighted by Crippen LogP contribution is 2.18. The molecule has 1 N–H and O–H groups in total. The summed E-state index contributed by atoms with van der Waals surface area (Å²) in [6.45, 7) is 4.98. The molecule has 0 unspecified atom stereocenters. The van der Waals surface area contributed by atoms with Gasteiger partial charge in [0.25, 0.3) is 0 Å². The number of rotatable bonds is 15. The number of nitrogens with zero attached hydrogens (tertiary/aromatic N) is 2. The lowest BCUT2D eigenvalue weighted by atomic mass is 10.1. The number of hydrogen-bond acceptors (Lipinski definition) is 5. The predicted molar refractivity (Wildman–Crippen MR) is 141 cm³/mol. The van der Waals surface area contributed by atoms with Crippen molar-refractivity contribution in [2.45, 2.75) is 63.4 Å². The maximum Gasteiger partial charge on any atom is 0.242 e. The van der Waals surface area contributed by atoms with Crippen LogP contribution < -0.4 is 10.1 Å². The molecule has 0 saturated carbocycles. The van der Waals surface area contributed by atoms with Crippen molar-refractivity contribution in [2.24, 2.45) is 0 Å². The molecule has 2 aromatic rings. The highest BCUT2D eigenvalue weighted by Gasteiger charge is 2.28. The molecule has 36 heavy (non-hydrogen) atoms. The minimum atomic E-state index is -3.63. The van der Waals surface area contributed by atoms with Crippen molar-refractivity contribution in [1.82, 2.24) is 14.5 Å². The van der Waals surface area contributed by atoms with Gasteiger partial charge in [0.2, 0.25) is 21.8 Å². The highest BCUT2D eigenvalue weighted by molar-refractivity contribution is 7.89. The molecule has 0 fully saturated rings. The second kappa shape index (κ2) is 14.6. The average Bonchev–Trinajstić information content (AvgIpc) is 2.89.